The van der Waals surface area contributed by atoms with Crippen LogP contribution < -0.4 is 4.74 Å². The number of carbonyl (C=O) groups excluding carboxylic acids is 1. The molecule has 0 aromatic carbocycles. The number of aromatic nitrogens is 4. The number of alkyl halides is 3. The van der Waals surface area contributed by atoms with Gasteiger partial charge in [0.25, 0.3) is 0 Å². The van der Waals surface area contributed by atoms with Crippen LogP contribution in [-0.4, -0.2) is 50.3 Å². The summed E-state index contributed by atoms with van der Waals surface area (Å²) in [5.74, 6) is -0.239. The molecule has 2 bridgehead atoms. The second kappa shape index (κ2) is 6.02. The van der Waals surface area contributed by atoms with E-state index in [1.165, 1.54) is 17.9 Å². The highest BCUT2D eigenvalue weighted by molar-refractivity contribution is 5.81. The van der Waals surface area contributed by atoms with Crippen molar-refractivity contribution in [1.82, 2.24) is 19.3 Å². The molecule has 0 saturated heterocycles. The quantitative estimate of drug-likeness (QED) is 0.719. The van der Waals surface area contributed by atoms with Crippen LogP contribution in [0.2, 0.25) is 0 Å². The van der Waals surface area contributed by atoms with Crippen LogP contribution in [0.15, 0.2) is 12.3 Å². The Morgan fingerprint density at radius 3 is 2.61 bits per heavy atom. The van der Waals surface area contributed by atoms with E-state index in [0.29, 0.717) is 37.3 Å². The molecule has 11 heteroatoms. The minimum atomic E-state index is -4.86. The van der Waals surface area contributed by atoms with Crippen molar-refractivity contribution in [3.8, 4) is 17.3 Å². The second-order valence-corrected chi connectivity index (χ2v) is 9.40. The van der Waals surface area contributed by atoms with Crippen LogP contribution in [-0.2, 0) is 21.7 Å². The molecule has 1 aliphatic heterocycles. The smallest absolute Gasteiger partial charge is 0.424 e. The summed E-state index contributed by atoms with van der Waals surface area (Å²) in [6, 6.07) is 1.28. The van der Waals surface area contributed by atoms with Crippen molar-refractivity contribution in [2.24, 2.45) is 10.8 Å². The lowest BCUT2D eigenvalue weighted by molar-refractivity contribution is -0.262. The molecule has 2 aromatic heterocycles. The first-order valence-corrected chi connectivity index (χ1v) is 10.1. The summed E-state index contributed by atoms with van der Waals surface area (Å²) >= 11 is 0. The van der Waals surface area contributed by atoms with Crippen LogP contribution in [0.3, 0.4) is 0 Å². The highest BCUT2D eigenvalue weighted by Crippen LogP contribution is 2.73. The van der Waals surface area contributed by atoms with Gasteiger partial charge in [0.2, 0.25) is 11.5 Å². The molecule has 3 heterocycles. The second-order valence-electron chi connectivity index (χ2n) is 9.40. The Bertz CT molecular complexity index is 1050. The zero-order chi connectivity index (χ0) is 22.4. The first-order chi connectivity index (χ1) is 14.4. The molecule has 0 unspecified atom stereocenters. The van der Waals surface area contributed by atoms with Crippen LogP contribution >= 0.6 is 0 Å². The number of hydrogen-bond donors (Lipinski definition) is 1. The Labute approximate surface area is 176 Å². The summed E-state index contributed by atoms with van der Waals surface area (Å²) in [6.07, 6.45) is -1.32. The van der Waals surface area contributed by atoms with Gasteiger partial charge in [0.05, 0.1) is 49.3 Å². The zero-order valence-electron chi connectivity index (χ0n) is 17.4. The van der Waals surface area contributed by atoms with E-state index in [-0.39, 0.29) is 22.8 Å². The van der Waals surface area contributed by atoms with Gasteiger partial charge in [0.15, 0.2) is 5.82 Å². The van der Waals surface area contributed by atoms with E-state index in [1.54, 1.807) is 17.7 Å². The molecule has 0 spiro atoms. The first-order valence-electron chi connectivity index (χ1n) is 10.1. The van der Waals surface area contributed by atoms with E-state index in [9.17, 15) is 23.1 Å². The summed E-state index contributed by atoms with van der Waals surface area (Å²) in [7, 11) is 1.40. The van der Waals surface area contributed by atoms with E-state index in [0.717, 1.165) is 19.3 Å². The predicted octanol–water partition coefficient (Wildman–Crippen LogP) is 2.81. The Kier molecular flexibility index (Phi) is 3.95. The molecule has 2 aromatic rings. The summed E-state index contributed by atoms with van der Waals surface area (Å²) in [5.41, 5.74) is -2.43. The lowest BCUT2D eigenvalue weighted by atomic mass is 9.35. The van der Waals surface area contributed by atoms with Crippen molar-refractivity contribution in [2.75, 3.05) is 13.7 Å². The van der Waals surface area contributed by atoms with Gasteiger partial charge < -0.3 is 19.1 Å². The van der Waals surface area contributed by atoms with Gasteiger partial charge in [0.1, 0.15) is 0 Å². The average molecular weight is 440 g/mol. The van der Waals surface area contributed by atoms with Gasteiger partial charge >= 0.3 is 12.1 Å². The van der Waals surface area contributed by atoms with Gasteiger partial charge in [-0.1, -0.05) is 0 Å². The maximum absolute atomic E-state index is 13.4. The fourth-order valence-electron chi connectivity index (χ4n) is 5.44. The number of ether oxygens (including phenoxy) is 2. The maximum atomic E-state index is 13.4. The fourth-order valence-corrected chi connectivity index (χ4v) is 5.44. The number of rotatable bonds is 5. The zero-order valence-corrected chi connectivity index (χ0v) is 17.4. The third-order valence-electron chi connectivity index (χ3n) is 6.97. The Balaban J connectivity index is 1.36. The minimum Gasteiger partial charge on any atom is -0.476 e. The minimum absolute atomic E-state index is 0.0358. The number of fused-ring (bicyclic) bond motifs is 3. The van der Waals surface area contributed by atoms with Crippen LogP contribution in [0, 0.1) is 10.8 Å². The molecule has 3 aliphatic carbocycles. The third kappa shape index (κ3) is 2.68. The SMILES string of the molecule is COC(=O)C12CC(COc3cc4n(n3)C[C@H](C)n3c-4cnc3[C@@](C)(O)C(F)(F)F)(C1)C2. The van der Waals surface area contributed by atoms with Crippen LogP contribution in [0.1, 0.15) is 45.0 Å². The molecular formula is C20H23F3N4O4. The van der Waals surface area contributed by atoms with Gasteiger partial charge in [-0.3, -0.25) is 9.48 Å². The van der Waals surface area contributed by atoms with E-state index in [4.69, 9.17) is 9.47 Å². The normalized spacial score (nSPS) is 30.4. The summed E-state index contributed by atoms with van der Waals surface area (Å²) in [4.78, 5) is 15.7. The van der Waals surface area contributed by atoms with Crippen molar-refractivity contribution < 1.29 is 32.5 Å². The number of halogens is 3. The highest BCUT2D eigenvalue weighted by Gasteiger charge is 2.72. The van der Waals surface area contributed by atoms with E-state index < -0.39 is 17.6 Å². The Hall–Kier alpha value is -2.56. The molecule has 3 saturated carbocycles. The van der Waals surface area contributed by atoms with Crippen molar-refractivity contribution in [1.29, 1.82) is 0 Å². The highest BCUT2D eigenvalue weighted by atomic mass is 19.4. The molecule has 2 atom stereocenters. The van der Waals surface area contributed by atoms with Crippen molar-refractivity contribution in [3.63, 3.8) is 0 Å². The Morgan fingerprint density at radius 2 is 2.00 bits per heavy atom. The summed E-state index contributed by atoms with van der Waals surface area (Å²) < 4.78 is 54.0. The molecule has 6 rings (SSSR count). The fraction of sp³-hybridized carbons (Fsp3) is 0.650. The largest absolute Gasteiger partial charge is 0.476 e. The number of methoxy groups -OCH3 is 1. The molecule has 1 N–H and O–H groups in total. The summed E-state index contributed by atoms with van der Waals surface area (Å²) in [6.45, 7) is 3.20. The molecule has 0 amide bonds. The van der Waals surface area contributed by atoms with Gasteiger partial charge in [-0.25, -0.2) is 4.98 Å². The molecule has 168 valence electrons. The van der Waals surface area contributed by atoms with Gasteiger partial charge in [-0.2, -0.15) is 13.2 Å². The number of esters is 1. The van der Waals surface area contributed by atoms with Gasteiger partial charge in [0, 0.05) is 11.5 Å². The maximum Gasteiger partial charge on any atom is 0.424 e. The van der Waals surface area contributed by atoms with Crippen LogP contribution in [0.4, 0.5) is 13.2 Å². The summed E-state index contributed by atoms with van der Waals surface area (Å²) in [5, 5.41) is 14.6. The third-order valence-corrected chi connectivity index (χ3v) is 6.97. The lowest BCUT2D eigenvalue weighted by Crippen LogP contribution is -2.67. The van der Waals surface area contributed by atoms with Crippen LogP contribution in [0.25, 0.3) is 11.4 Å². The number of hydrogen-bond acceptors (Lipinski definition) is 6. The Morgan fingerprint density at radius 1 is 1.32 bits per heavy atom. The topological polar surface area (TPSA) is 91.4 Å². The molecule has 31 heavy (non-hydrogen) atoms. The number of imidazole rings is 1. The monoisotopic (exact) mass is 440 g/mol. The molecule has 4 aliphatic rings. The first kappa shape index (κ1) is 20.3. The van der Waals surface area contributed by atoms with E-state index in [2.05, 4.69) is 10.1 Å². The van der Waals surface area contributed by atoms with E-state index >= 15 is 0 Å². The van der Waals surface area contributed by atoms with Crippen LogP contribution in [0.5, 0.6) is 5.88 Å². The van der Waals surface area contributed by atoms with Crippen molar-refractivity contribution in [2.45, 2.75) is 57.5 Å². The molecule has 3 fully saturated rings. The van der Waals surface area contributed by atoms with Crippen molar-refractivity contribution in [3.05, 3.63) is 18.1 Å². The molecular weight excluding hydrogens is 417 g/mol. The molecule has 0 radical (unpaired) electrons. The van der Waals surface area contributed by atoms with Gasteiger partial charge in [-0.15, -0.1) is 5.10 Å². The number of aliphatic hydroxyl groups is 1. The lowest BCUT2D eigenvalue weighted by Gasteiger charge is -2.67. The predicted molar refractivity (Wildman–Crippen MR) is 100 cm³/mol. The van der Waals surface area contributed by atoms with E-state index in [1.807, 2.05) is 0 Å². The van der Waals surface area contributed by atoms with Gasteiger partial charge in [-0.05, 0) is 33.1 Å². The van der Waals surface area contributed by atoms with Crippen molar-refractivity contribution >= 4 is 5.97 Å². The standard InChI is InChI=1S/C20H23F3N4O4/c1-11-6-26-12(13-5-24-15(27(11)13)17(2,29)20(21,22)23)4-14(25-26)31-10-18-7-19(8-18,9-18)16(28)30-3/h4-5,11,29H,6-10H2,1-3H3/t11-,17+,18?,19?/m0/s1. The molecule has 8 nitrogen and oxygen atoms in total. The number of nitrogens with zero attached hydrogens (tertiary/aromatic N) is 4. The number of carbonyl (C=O) groups is 1. The average Bonchev–Trinajstić information content (AvgIpc) is 3.22.